The van der Waals surface area contributed by atoms with E-state index in [1.54, 1.807) is 0 Å². The van der Waals surface area contributed by atoms with Crippen LogP contribution in [0, 0.1) is 0 Å². The van der Waals surface area contributed by atoms with E-state index in [0.29, 0.717) is 10.1 Å². The van der Waals surface area contributed by atoms with Crippen LogP contribution >= 0.6 is 23.8 Å². The molecule has 0 amide bonds. The van der Waals surface area contributed by atoms with E-state index in [-0.39, 0.29) is 0 Å². The molecule has 0 saturated heterocycles. The highest BCUT2D eigenvalue weighted by molar-refractivity contribution is 7.80. The topological polar surface area (TPSA) is 37.0 Å². The summed E-state index contributed by atoms with van der Waals surface area (Å²) in [4.78, 5) is 4.60. The fourth-order valence-electron chi connectivity index (χ4n) is 2.26. The highest BCUT2D eigenvalue weighted by Gasteiger charge is 2.03. The Hall–Kier alpha value is -2.43. The molecule has 2 aromatic carbocycles. The minimum atomic E-state index is 0.488. The maximum absolute atomic E-state index is 5.88. The van der Waals surface area contributed by atoms with E-state index in [0.717, 1.165) is 23.6 Å². The van der Waals surface area contributed by atoms with Gasteiger partial charge in [0.25, 0.3) is 0 Å². The maximum Gasteiger partial charge on any atom is 0.176 e. The van der Waals surface area contributed by atoms with Crippen molar-refractivity contribution in [1.82, 2.24) is 4.98 Å². The molecule has 2 N–H and O–H groups in total. The zero-order valence-electron chi connectivity index (χ0n) is 12.9. The van der Waals surface area contributed by atoms with E-state index in [9.17, 15) is 0 Å². The molecule has 0 saturated carbocycles. The lowest BCUT2D eigenvalue weighted by molar-refractivity contribution is 1.08. The minimum Gasteiger partial charge on any atom is -0.332 e. The van der Waals surface area contributed by atoms with Gasteiger partial charge in [0.2, 0.25) is 0 Å². The summed E-state index contributed by atoms with van der Waals surface area (Å²) in [5, 5.41) is 7.39. The molecule has 0 unspecified atom stereocenters. The predicted octanol–water partition coefficient (Wildman–Crippen LogP) is 5.13. The lowest BCUT2D eigenvalue weighted by atomic mass is 10.1. The van der Waals surface area contributed by atoms with Crippen molar-refractivity contribution < 1.29 is 0 Å². The van der Waals surface area contributed by atoms with Crippen LogP contribution in [-0.2, 0) is 6.42 Å². The molecule has 0 aliphatic carbocycles. The van der Waals surface area contributed by atoms with Gasteiger partial charge in [-0.2, -0.15) is 0 Å². The Morgan fingerprint density at radius 3 is 2.38 bits per heavy atom. The Morgan fingerprint density at radius 2 is 1.62 bits per heavy atom. The van der Waals surface area contributed by atoms with Gasteiger partial charge in [-0.15, -0.1) is 0 Å². The molecule has 0 bridgehead atoms. The Bertz CT molecular complexity index is 820. The van der Waals surface area contributed by atoms with Crippen molar-refractivity contribution in [2.45, 2.75) is 6.42 Å². The third-order valence-electron chi connectivity index (χ3n) is 3.38. The Morgan fingerprint density at radius 1 is 0.875 bits per heavy atom. The molecule has 3 aromatic rings. The number of hydrogen-bond donors (Lipinski definition) is 2. The third kappa shape index (κ3) is 4.78. The summed E-state index contributed by atoms with van der Waals surface area (Å²) in [6, 6.07) is 23.5. The number of thiocarbonyl (C=S) groups is 1. The fraction of sp³-hybridized carbons (Fsp3) is 0.0526. The monoisotopic (exact) mass is 353 g/mol. The molecule has 0 spiro atoms. The number of aromatic nitrogens is 1. The van der Waals surface area contributed by atoms with Crippen molar-refractivity contribution in [3.8, 4) is 0 Å². The summed E-state index contributed by atoms with van der Waals surface area (Å²) in [5.74, 6) is 0.717. The average molecular weight is 354 g/mol. The van der Waals surface area contributed by atoms with Gasteiger partial charge in [0.1, 0.15) is 5.82 Å². The van der Waals surface area contributed by atoms with E-state index < -0.39 is 0 Å². The van der Waals surface area contributed by atoms with Crippen molar-refractivity contribution in [2.75, 3.05) is 10.6 Å². The lowest BCUT2D eigenvalue weighted by Gasteiger charge is -2.11. The normalized spacial score (nSPS) is 10.2. The smallest absolute Gasteiger partial charge is 0.176 e. The fourth-order valence-corrected chi connectivity index (χ4v) is 2.61. The molecule has 0 aliphatic rings. The van der Waals surface area contributed by atoms with Crippen molar-refractivity contribution in [1.29, 1.82) is 0 Å². The summed E-state index contributed by atoms with van der Waals surface area (Å²) in [5.41, 5.74) is 3.09. The van der Waals surface area contributed by atoms with Crippen LogP contribution < -0.4 is 10.6 Å². The van der Waals surface area contributed by atoms with Crippen molar-refractivity contribution in [3.63, 3.8) is 0 Å². The third-order valence-corrected chi connectivity index (χ3v) is 3.83. The van der Waals surface area contributed by atoms with E-state index in [1.165, 1.54) is 5.56 Å². The quantitative estimate of drug-likeness (QED) is 0.637. The summed E-state index contributed by atoms with van der Waals surface area (Å²) >= 11 is 11.2. The van der Waals surface area contributed by atoms with Gasteiger partial charge in [0.15, 0.2) is 5.11 Å². The number of rotatable bonds is 4. The second-order valence-corrected chi connectivity index (χ2v) is 6.11. The highest BCUT2D eigenvalue weighted by Crippen LogP contribution is 2.14. The van der Waals surface area contributed by atoms with Gasteiger partial charge in [0, 0.05) is 22.8 Å². The van der Waals surface area contributed by atoms with Gasteiger partial charge in [0.05, 0.1) is 0 Å². The summed E-state index contributed by atoms with van der Waals surface area (Å²) in [7, 11) is 0. The number of hydrogen-bond acceptors (Lipinski definition) is 2. The SMILES string of the molecule is S=C(Nc1ccc(Cl)cc1)Nc1cccc(Cc2ccccc2)n1. The molecule has 120 valence electrons. The summed E-state index contributed by atoms with van der Waals surface area (Å²) in [6.07, 6.45) is 0.785. The average Bonchev–Trinajstić information content (AvgIpc) is 2.58. The molecule has 5 heteroatoms. The zero-order valence-corrected chi connectivity index (χ0v) is 14.4. The van der Waals surface area contributed by atoms with E-state index in [4.69, 9.17) is 23.8 Å². The number of nitrogens with zero attached hydrogens (tertiary/aromatic N) is 1. The van der Waals surface area contributed by atoms with E-state index in [1.807, 2.05) is 60.7 Å². The van der Waals surface area contributed by atoms with Crippen LogP contribution in [0.3, 0.4) is 0 Å². The maximum atomic E-state index is 5.88. The molecule has 3 rings (SSSR count). The largest absolute Gasteiger partial charge is 0.332 e. The molecule has 0 fully saturated rings. The van der Waals surface area contributed by atoms with Gasteiger partial charge in [-0.3, -0.25) is 0 Å². The molecule has 0 radical (unpaired) electrons. The number of nitrogens with one attached hydrogen (secondary N) is 2. The molecule has 0 aliphatic heterocycles. The summed E-state index contributed by atoms with van der Waals surface area (Å²) < 4.78 is 0. The van der Waals surface area contributed by atoms with Gasteiger partial charge in [-0.25, -0.2) is 4.98 Å². The lowest BCUT2D eigenvalue weighted by Crippen LogP contribution is -2.19. The molecular formula is C19H16ClN3S. The van der Waals surface area contributed by atoms with Crippen LogP contribution in [0.5, 0.6) is 0 Å². The van der Waals surface area contributed by atoms with Crippen LogP contribution in [0.25, 0.3) is 0 Å². The first-order valence-corrected chi connectivity index (χ1v) is 8.31. The Balaban J connectivity index is 1.63. The van der Waals surface area contributed by atoms with Crippen LogP contribution in [-0.4, -0.2) is 10.1 Å². The summed E-state index contributed by atoms with van der Waals surface area (Å²) in [6.45, 7) is 0. The second kappa shape index (κ2) is 7.90. The number of anilines is 2. The molecule has 1 heterocycles. The standard InChI is InChI=1S/C19H16ClN3S/c20-15-9-11-16(12-10-15)22-19(24)23-18-8-4-7-17(21-18)13-14-5-2-1-3-6-14/h1-12H,13H2,(H2,21,22,23,24). The van der Waals surface area contributed by atoms with Gasteiger partial charge in [-0.05, 0) is 54.2 Å². The van der Waals surface area contributed by atoms with Gasteiger partial charge >= 0.3 is 0 Å². The van der Waals surface area contributed by atoms with Crippen LogP contribution in [0.15, 0.2) is 72.8 Å². The molecule has 0 atom stereocenters. The highest BCUT2D eigenvalue weighted by atomic mass is 35.5. The predicted molar refractivity (Wildman–Crippen MR) is 105 cm³/mol. The van der Waals surface area contributed by atoms with Crippen molar-refractivity contribution >= 4 is 40.4 Å². The molecular weight excluding hydrogens is 338 g/mol. The van der Waals surface area contributed by atoms with E-state index in [2.05, 4.69) is 27.8 Å². The second-order valence-electron chi connectivity index (χ2n) is 5.26. The zero-order chi connectivity index (χ0) is 16.8. The van der Waals surface area contributed by atoms with Crippen molar-refractivity contribution in [2.24, 2.45) is 0 Å². The molecule has 1 aromatic heterocycles. The first-order chi connectivity index (χ1) is 11.7. The van der Waals surface area contributed by atoms with Gasteiger partial charge < -0.3 is 10.6 Å². The number of benzene rings is 2. The van der Waals surface area contributed by atoms with Crippen LogP contribution in [0.4, 0.5) is 11.5 Å². The van der Waals surface area contributed by atoms with Crippen molar-refractivity contribution in [3.05, 3.63) is 89.1 Å². The minimum absolute atomic E-state index is 0.488. The first-order valence-electron chi connectivity index (χ1n) is 7.52. The molecule has 3 nitrogen and oxygen atoms in total. The number of halogens is 1. The Kier molecular flexibility index (Phi) is 5.41. The van der Waals surface area contributed by atoms with Crippen LogP contribution in [0.2, 0.25) is 5.02 Å². The van der Waals surface area contributed by atoms with Gasteiger partial charge in [-0.1, -0.05) is 48.0 Å². The molecule has 24 heavy (non-hydrogen) atoms. The van der Waals surface area contributed by atoms with Crippen LogP contribution in [0.1, 0.15) is 11.3 Å². The van der Waals surface area contributed by atoms with E-state index >= 15 is 0 Å². The Labute approximate surface area is 151 Å². The first kappa shape index (κ1) is 16.4. The number of pyridine rings is 1.